The maximum atomic E-state index is 12.1. The van der Waals surface area contributed by atoms with Gasteiger partial charge in [-0.15, -0.1) is 11.3 Å². The molecule has 8 heteroatoms. The Bertz CT molecular complexity index is 519. The van der Waals surface area contributed by atoms with Crippen LogP contribution in [0.15, 0.2) is 5.38 Å². The molecule has 116 valence electrons. The van der Waals surface area contributed by atoms with Gasteiger partial charge in [0.05, 0.1) is 6.54 Å². The van der Waals surface area contributed by atoms with E-state index in [0.717, 1.165) is 19.5 Å². The van der Waals surface area contributed by atoms with Gasteiger partial charge in [-0.3, -0.25) is 4.90 Å². The second-order valence-corrected chi connectivity index (χ2v) is 6.02. The average molecular weight is 312 g/mol. The molecule has 2 amide bonds. The lowest BCUT2D eigenvalue weighted by Gasteiger charge is -2.38. The van der Waals surface area contributed by atoms with Crippen LogP contribution in [0, 0.1) is 0 Å². The van der Waals surface area contributed by atoms with Crippen molar-refractivity contribution in [1.29, 1.82) is 0 Å². The van der Waals surface area contributed by atoms with Crippen LogP contribution < -0.4 is 5.32 Å². The summed E-state index contributed by atoms with van der Waals surface area (Å²) in [6.07, 6.45) is 1.01. The monoisotopic (exact) mass is 312 g/mol. The minimum absolute atomic E-state index is 0.0230. The highest BCUT2D eigenvalue weighted by molar-refractivity contribution is 7.09. The fraction of sp³-hybridized carbons (Fsp3) is 0.615. The number of likely N-dealkylation sites (N-methyl/N-ethyl adjacent to an activating group) is 1. The van der Waals surface area contributed by atoms with Crippen LogP contribution in [-0.2, 0) is 6.54 Å². The molecular formula is C13H20N4O3S. The molecule has 2 heterocycles. The first-order valence-electron chi connectivity index (χ1n) is 6.92. The topological polar surface area (TPSA) is 85.8 Å². The maximum Gasteiger partial charge on any atom is 0.355 e. The fourth-order valence-corrected chi connectivity index (χ4v) is 3.03. The van der Waals surface area contributed by atoms with E-state index in [1.54, 1.807) is 4.90 Å². The number of carbonyl (C=O) groups excluding carboxylic acids is 1. The molecule has 7 nitrogen and oxygen atoms in total. The second kappa shape index (κ2) is 6.86. The van der Waals surface area contributed by atoms with Crippen LogP contribution in [-0.4, -0.2) is 64.6 Å². The number of carbonyl (C=O) groups is 2. The zero-order valence-electron chi connectivity index (χ0n) is 12.2. The summed E-state index contributed by atoms with van der Waals surface area (Å²) in [4.78, 5) is 30.9. The lowest BCUT2D eigenvalue weighted by molar-refractivity contribution is 0.0691. The molecule has 1 saturated heterocycles. The molecule has 1 aromatic rings. The summed E-state index contributed by atoms with van der Waals surface area (Å²) >= 11 is 1.24. The number of hydrogen-bond donors (Lipinski definition) is 2. The maximum absolute atomic E-state index is 12.1. The van der Waals surface area contributed by atoms with Crippen LogP contribution in [0.25, 0.3) is 0 Å². The van der Waals surface area contributed by atoms with Crippen LogP contribution in [0.5, 0.6) is 0 Å². The van der Waals surface area contributed by atoms with Crippen molar-refractivity contribution >= 4 is 23.3 Å². The van der Waals surface area contributed by atoms with Crippen molar-refractivity contribution < 1.29 is 14.7 Å². The third kappa shape index (κ3) is 3.92. The Balaban J connectivity index is 1.85. The number of nitrogens with zero attached hydrogens (tertiary/aromatic N) is 3. The van der Waals surface area contributed by atoms with E-state index in [9.17, 15) is 9.59 Å². The van der Waals surface area contributed by atoms with Crippen LogP contribution in [0.2, 0.25) is 0 Å². The van der Waals surface area contributed by atoms with Crippen molar-refractivity contribution in [2.24, 2.45) is 0 Å². The van der Waals surface area contributed by atoms with Crippen LogP contribution >= 0.6 is 11.3 Å². The summed E-state index contributed by atoms with van der Waals surface area (Å²) in [7, 11) is 2.08. The number of thiazole rings is 1. The number of amides is 2. The molecule has 0 aromatic carbocycles. The van der Waals surface area contributed by atoms with Gasteiger partial charge in [0.1, 0.15) is 5.01 Å². The predicted octanol–water partition coefficient (Wildman–Crippen LogP) is 1.08. The Hall–Kier alpha value is -1.67. The molecule has 2 rings (SSSR count). The quantitative estimate of drug-likeness (QED) is 0.869. The average Bonchev–Trinajstić information content (AvgIpc) is 2.94. The zero-order valence-corrected chi connectivity index (χ0v) is 13.0. The smallest absolute Gasteiger partial charge is 0.355 e. The molecule has 0 aliphatic carbocycles. The summed E-state index contributed by atoms with van der Waals surface area (Å²) in [6, 6.07) is 0.275. The van der Waals surface area contributed by atoms with Gasteiger partial charge in [0, 0.05) is 31.1 Å². The van der Waals surface area contributed by atoms with Crippen LogP contribution in [0.4, 0.5) is 4.79 Å². The van der Waals surface area contributed by atoms with E-state index in [1.807, 2.05) is 0 Å². The molecule has 1 fully saturated rings. The molecule has 1 aliphatic rings. The SMILES string of the molecule is CCC1CN(C(=O)NCc2nc(C(=O)O)cs2)CCN1C. The fourth-order valence-electron chi connectivity index (χ4n) is 2.32. The van der Waals surface area contributed by atoms with Gasteiger partial charge < -0.3 is 15.3 Å². The standard InChI is InChI=1S/C13H20N4O3S/c1-3-9-7-17(5-4-16(9)2)13(20)14-6-11-15-10(8-21-11)12(18)19/h8-9H,3-7H2,1-2H3,(H,14,20)(H,18,19). The van der Waals surface area contributed by atoms with Gasteiger partial charge in [-0.25, -0.2) is 14.6 Å². The van der Waals surface area contributed by atoms with Crippen molar-refractivity contribution in [2.45, 2.75) is 25.9 Å². The van der Waals surface area contributed by atoms with Crippen molar-refractivity contribution in [3.63, 3.8) is 0 Å². The summed E-state index contributed by atoms with van der Waals surface area (Å²) in [6.45, 7) is 4.67. The molecule has 0 saturated carbocycles. The van der Waals surface area contributed by atoms with E-state index in [-0.39, 0.29) is 18.3 Å². The number of rotatable bonds is 4. The van der Waals surface area contributed by atoms with Gasteiger partial charge in [0.15, 0.2) is 5.69 Å². The lowest BCUT2D eigenvalue weighted by Crippen LogP contribution is -2.55. The molecule has 0 spiro atoms. The molecule has 21 heavy (non-hydrogen) atoms. The summed E-state index contributed by atoms with van der Waals surface area (Å²) in [5, 5.41) is 13.7. The van der Waals surface area contributed by atoms with E-state index in [4.69, 9.17) is 5.11 Å². The van der Waals surface area contributed by atoms with Gasteiger partial charge in [0.2, 0.25) is 0 Å². The molecule has 2 N–H and O–H groups in total. The Morgan fingerprint density at radius 2 is 2.29 bits per heavy atom. The van der Waals surface area contributed by atoms with Gasteiger partial charge in [-0.2, -0.15) is 0 Å². The molecule has 1 aromatic heterocycles. The van der Waals surface area contributed by atoms with Crippen molar-refractivity contribution in [2.75, 3.05) is 26.7 Å². The summed E-state index contributed by atoms with van der Waals surface area (Å²) in [5.74, 6) is -1.05. The lowest BCUT2D eigenvalue weighted by atomic mass is 10.1. The highest BCUT2D eigenvalue weighted by Gasteiger charge is 2.25. The number of nitrogens with one attached hydrogen (secondary N) is 1. The largest absolute Gasteiger partial charge is 0.476 e. The summed E-state index contributed by atoms with van der Waals surface area (Å²) in [5.41, 5.74) is 0.0230. The third-order valence-corrected chi connectivity index (χ3v) is 4.55. The highest BCUT2D eigenvalue weighted by atomic mass is 32.1. The van der Waals surface area contributed by atoms with Gasteiger partial charge in [-0.05, 0) is 13.5 Å². The number of urea groups is 1. The molecule has 1 atom stereocenters. The van der Waals surface area contributed by atoms with E-state index in [2.05, 4.69) is 29.2 Å². The second-order valence-electron chi connectivity index (χ2n) is 5.08. The first-order chi connectivity index (χ1) is 10.0. The summed E-state index contributed by atoms with van der Waals surface area (Å²) < 4.78 is 0. The zero-order chi connectivity index (χ0) is 15.4. The number of carboxylic acids is 1. The van der Waals surface area contributed by atoms with E-state index < -0.39 is 5.97 Å². The number of piperazine rings is 1. The molecular weight excluding hydrogens is 292 g/mol. The number of aromatic nitrogens is 1. The first-order valence-corrected chi connectivity index (χ1v) is 7.80. The molecule has 1 aliphatic heterocycles. The third-order valence-electron chi connectivity index (χ3n) is 3.70. The van der Waals surface area contributed by atoms with E-state index >= 15 is 0 Å². The van der Waals surface area contributed by atoms with E-state index in [1.165, 1.54) is 16.7 Å². The molecule has 0 radical (unpaired) electrons. The highest BCUT2D eigenvalue weighted by Crippen LogP contribution is 2.12. The molecule has 0 bridgehead atoms. The molecule has 1 unspecified atom stereocenters. The van der Waals surface area contributed by atoms with Crippen molar-refractivity contribution in [1.82, 2.24) is 20.1 Å². The first kappa shape index (κ1) is 15.7. The normalized spacial score (nSPS) is 19.5. The van der Waals surface area contributed by atoms with E-state index in [0.29, 0.717) is 17.6 Å². The van der Waals surface area contributed by atoms with Crippen LogP contribution in [0.3, 0.4) is 0 Å². The van der Waals surface area contributed by atoms with Crippen molar-refractivity contribution in [3.05, 3.63) is 16.1 Å². The Morgan fingerprint density at radius 1 is 1.52 bits per heavy atom. The van der Waals surface area contributed by atoms with Crippen LogP contribution in [0.1, 0.15) is 28.8 Å². The Kier molecular flexibility index (Phi) is 5.13. The minimum atomic E-state index is -1.05. The number of carboxylic acid groups (broad SMARTS) is 1. The predicted molar refractivity (Wildman–Crippen MR) is 79.6 cm³/mol. The number of aromatic carboxylic acids is 1. The Morgan fingerprint density at radius 3 is 2.90 bits per heavy atom. The number of hydrogen-bond acceptors (Lipinski definition) is 5. The van der Waals surface area contributed by atoms with Crippen molar-refractivity contribution in [3.8, 4) is 0 Å². The minimum Gasteiger partial charge on any atom is -0.476 e. The van der Waals surface area contributed by atoms with Gasteiger partial charge in [0.25, 0.3) is 0 Å². The Labute approximate surface area is 127 Å². The van der Waals surface area contributed by atoms with Gasteiger partial charge in [-0.1, -0.05) is 6.92 Å². The van der Waals surface area contributed by atoms with Gasteiger partial charge >= 0.3 is 12.0 Å².